The van der Waals surface area contributed by atoms with Gasteiger partial charge >= 0.3 is 0 Å². The van der Waals surface area contributed by atoms with E-state index in [2.05, 4.69) is 21.8 Å². The van der Waals surface area contributed by atoms with E-state index in [-0.39, 0.29) is 5.91 Å². The second kappa shape index (κ2) is 8.06. The second-order valence-corrected chi connectivity index (χ2v) is 7.74. The minimum Gasteiger partial charge on any atom is -0.354 e. The van der Waals surface area contributed by atoms with Crippen molar-refractivity contribution in [2.75, 3.05) is 31.1 Å². The van der Waals surface area contributed by atoms with E-state index in [1.54, 1.807) is 23.7 Å². The van der Waals surface area contributed by atoms with Gasteiger partial charge in [-0.15, -0.1) is 0 Å². The van der Waals surface area contributed by atoms with Crippen molar-refractivity contribution >= 4 is 23.1 Å². The van der Waals surface area contributed by atoms with Gasteiger partial charge in [0.15, 0.2) is 5.82 Å². The number of aromatic nitrogens is 3. The number of hydrogen-bond acceptors (Lipinski definition) is 6. The smallest absolute Gasteiger partial charge is 0.254 e. The van der Waals surface area contributed by atoms with Gasteiger partial charge in [-0.25, -0.2) is 9.97 Å². The molecule has 3 aromatic rings. The molecule has 3 aromatic heterocycles. The highest BCUT2D eigenvalue weighted by atomic mass is 32.1. The van der Waals surface area contributed by atoms with Crippen molar-refractivity contribution in [3.05, 3.63) is 58.2 Å². The van der Waals surface area contributed by atoms with Crippen LogP contribution in [0.1, 0.15) is 28.0 Å². The van der Waals surface area contributed by atoms with Crippen molar-refractivity contribution in [1.82, 2.24) is 19.9 Å². The van der Waals surface area contributed by atoms with E-state index in [1.807, 2.05) is 40.8 Å². The van der Waals surface area contributed by atoms with E-state index >= 15 is 0 Å². The van der Waals surface area contributed by atoms with Gasteiger partial charge in [-0.05, 0) is 43.8 Å². The van der Waals surface area contributed by atoms with E-state index in [0.29, 0.717) is 6.54 Å². The minimum atomic E-state index is 0.121. The summed E-state index contributed by atoms with van der Waals surface area (Å²) in [4.78, 5) is 30.6. The largest absolute Gasteiger partial charge is 0.354 e. The van der Waals surface area contributed by atoms with E-state index in [1.165, 1.54) is 0 Å². The molecular formula is C21H23N5OS. The van der Waals surface area contributed by atoms with E-state index in [9.17, 15) is 4.79 Å². The Morgan fingerprint density at radius 1 is 1.04 bits per heavy atom. The van der Waals surface area contributed by atoms with Crippen molar-refractivity contribution in [2.24, 2.45) is 0 Å². The Morgan fingerprint density at radius 3 is 2.61 bits per heavy atom. The SMILES string of the molecule is Cc1nc(-c2ccncc2)nc(N2CCCN(C(=O)c3ccsc3)CC2)c1C. The van der Waals surface area contributed by atoms with Crippen molar-refractivity contribution in [1.29, 1.82) is 0 Å². The Morgan fingerprint density at radius 2 is 1.86 bits per heavy atom. The van der Waals surface area contributed by atoms with Crippen LogP contribution in [0.25, 0.3) is 11.4 Å². The summed E-state index contributed by atoms with van der Waals surface area (Å²) in [6.45, 7) is 7.20. The molecule has 7 heteroatoms. The first kappa shape index (κ1) is 18.6. The third-order valence-electron chi connectivity index (χ3n) is 5.15. The monoisotopic (exact) mass is 393 g/mol. The number of hydrogen-bond donors (Lipinski definition) is 0. The zero-order valence-corrected chi connectivity index (χ0v) is 16.9. The maximum Gasteiger partial charge on any atom is 0.254 e. The van der Waals surface area contributed by atoms with Crippen LogP contribution in [0.4, 0.5) is 5.82 Å². The Kier molecular flexibility index (Phi) is 5.34. The zero-order valence-electron chi connectivity index (χ0n) is 16.1. The van der Waals surface area contributed by atoms with Crippen LogP contribution >= 0.6 is 11.3 Å². The summed E-state index contributed by atoms with van der Waals surface area (Å²) in [5.74, 6) is 1.80. The molecule has 0 saturated carbocycles. The average Bonchev–Trinajstić information content (AvgIpc) is 3.15. The average molecular weight is 394 g/mol. The fourth-order valence-corrected chi connectivity index (χ4v) is 4.08. The molecule has 1 fully saturated rings. The van der Waals surface area contributed by atoms with Gasteiger partial charge in [-0.1, -0.05) is 0 Å². The Bertz CT molecular complexity index is 958. The van der Waals surface area contributed by atoms with Crippen LogP contribution in [0, 0.1) is 13.8 Å². The van der Waals surface area contributed by atoms with Crippen LogP contribution in [-0.4, -0.2) is 51.9 Å². The highest BCUT2D eigenvalue weighted by molar-refractivity contribution is 7.08. The lowest BCUT2D eigenvalue weighted by Gasteiger charge is -2.25. The number of amides is 1. The van der Waals surface area contributed by atoms with E-state index in [0.717, 1.165) is 60.1 Å². The molecule has 0 N–H and O–H groups in total. The van der Waals surface area contributed by atoms with Gasteiger partial charge in [0.05, 0.1) is 5.56 Å². The predicted molar refractivity (Wildman–Crippen MR) is 112 cm³/mol. The van der Waals surface area contributed by atoms with Crippen molar-refractivity contribution in [3.8, 4) is 11.4 Å². The number of rotatable bonds is 3. The summed E-state index contributed by atoms with van der Waals surface area (Å²) in [5, 5.41) is 3.87. The van der Waals surface area contributed by atoms with Crippen LogP contribution in [-0.2, 0) is 0 Å². The summed E-state index contributed by atoms with van der Waals surface area (Å²) in [7, 11) is 0. The molecule has 0 atom stereocenters. The quantitative estimate of drug-likeness (QED) is 0.681. The number of anilines is 1. The molecular weight excluding hydrogens is 370 g/mol. The Hall–Kier alpha value is -2.80. The molecule has 1 aliphatic rings. The van der Waals surface area contributed by atoms with Crippen LogP contribution in [0.3, 0.4) is 0 Å². The molecule has 4 rings (SSSR count). The van der Waals surface area contributed by atoms with E-state index in [4.69, 9.17) is 4.98 Å². The maximum absolute atomic E-state index is 12.7. The van der Waals surface area contributed by atoms with E-state index < -0.39 is 0 Å². The topological polar surface area (TPSA) is 62.2 Å². The molecule has 4 heterocycles. The number of pyridine rings is 1. The van der Waals surface area contributed by atoms with Gasteiger partial charge in [-0.2, -0.15) is 11.3 Å². The third-order valence-corrected chi connectivity index (χ3v) is 5.84. The van der Waals surface area contributed by atoms with Gasteiger partial charge in [-0.3, -0.25) is 9.78 Å². The minimum absolute atomic E-state index is 0.121. The van der Waals surface area contributed by atoms with Crippen molar-refractivity contribution in [2.45, 2.75) is 20.3 Å². The third kappa shape index (κ3) is 3.75. The highest BCUT2D eigenvalue weighted by Crippen LogP contribution is 2.25. The van der Waals surface area contributed by atoms with Crippen LogP contribution in [0.5, 0.6) is 0 Å². The number of carbonyl (C=O) groups is 1. The molecule has 0 aliphatic carbocycles. The summed E-state index contributed by atoms with van der Waals surface area (Å²) in [5.41, 5.74) is 3.82. The molecule has 0 spiro atoms. The molecule has 0 radical (unpaired) electrons. The number of carbonyl (C=O) groups excluding carboxylic acids is 1. The molecule has 6 nitrogen and oxygen atoms in total. The number of thiophene rings is 1. The van der Waals surface area contributed by atoms with Gasteiger partial charge in [0, 0.05) is 60.8 Å². The van der Waals surface area contributed by atoms with Crippen molar-refractivity contribution in [3.63, 3.8) is 0 Å². The van der Waals surface area contributed by atoms with Gasteiger partial charge < -0.3 is 9.80 Å². The summed E-state index contributed by atoms with van der Waals surface area (Å²) >= 11 is 1.56. The fraction of sp³-hybridized carbons (Fsp3) is 0.333. The molecule has 28 heavy (non-hydrogen) atoms. The molecule has 0 aromatic carbocycles. The zero-order chi connectivity index (χ0) is 19.5. The predicted octanol–water partition coefficient (Wildman–Crippen LogP) is 3.57. The highest BCUT2D eigenvalue weighted by Gasteiger charge is 2.23. The Balaban J connectivity index is 1.57. The lowest BCUT2D eigenvalue weighted by molar-refractivity contribution is 0.0767. The summed E-state index contributed by atoms with van der Waals surface area (Å²) in [6, 6.07) is 5.75. The van der Waals surface area contributed by atoms with Crippen LogP contribution in [0.2, 0.25) is 0 Å². The first-order valence-corrected chi connectivity index (χ1v) is 10.4. The van der Waals surface area contributed by atoms with Crippen molar-refractivity contribution < 1.29 is 4.79 Å². The first-order valence-electron chi connectivity index (χ1n) is 9.45. The summed E-state index contributed by atoms with van der Waals surface area (Å²) in [6.07, 6.45) is 4.43. The van der Waals surface area contributed by atoms with Crippen LogP contribution in [0.15, 0.2) is 41.4 Å². The normalized spacial score (nSPS) is 14.8. The number of nitrogens with zero attached hydrogens (tertiary/aromatic N) is 5. The Labute approximate surface area is 168 Å². The lowest BCUT2D eigenvalue weighted by Crippen LogP contribution is -2.35. The molecule has 0 unspecified atom stereocenters. The molecule has 1 aliphatic heterocycles. The van der Waals surface area contributed by atoms with Crippen LogP contribution < -0.4 is 4.90 Å². The maximum atomic E-state index is 12.7. The second-order valence-electron chi connectivity index (χ2n) is 6.96. The first-order chi connectivity index (χ1) is 13.6. The fourth-order valence-electron chi connectivity index (χ4n) is 3.45. The lowest BCUT2D eigenvalue weighted by atomic mass is 10.2. The van der Waals surface area contributed by atoms with Gasteiger partial charge in [0.2, 0.25) is 0 Å². The molecule has 1 saturated heterocycles. The number of aryl methyl sites for hydroxylation is 1. The van der Waals surface area contributed by atoms with Gasteiger partial charge in [0.25, 0.3) is 5.91 Å². The summed E-state index contributed by atoms with van der Waals surface area (Å²) < 4.78 is 0. The molecule has 1 amide bonds. The van der Waals surface area contributed by atoms with Gasteiger partial charge in [0.1, 0.15) is 5.82 Å². The molecule has 0 bridgehead atoms. The molecule has 144 valence electrons. The standard InChI is InChI=1S/C21H23N5OS/c1-15-16(2)23-19(17-4-7-22-8-5-17)24-20(15)25-9-3-10-26(12-11-25)21(27)18-6-13-28-14-18/h4-8,13-14H,3,9-12H2,1-2H3.